The number of esters is 1. The third-order valence-electron chi connectivity index (χ3n) is 8.00. The number of ketones is 1. The van der Waals surface area contributed by atoms with E-state index in [1.165, 1.54) is 4.90 Å². The summed E-state index contributed by atoms with van der Waals surface area (Å²) < 4.78 is 5.52. The molecule has 1 aromatic rings. The number of likely N-dealkylation sites (tertiary alicyclic amines) is 1. The van der Waals surface area contributed by atoms with Crippen LogP contribution in [0.25, 0.3) is 0 Å². The molecule has 0 aromatic heterocycles. The van der Waals surface area contributed by atoms with Gasteiger partial charge in [-0.15, -0.1) is 0 Å². The Balaban J connectivity index is 1.71. The normalized spacial score (nSPS) is 18.7. The second-order valence-electron chi connectivity index (χ2n) is 14.5. The summed E-state index contributed by atoms with van der Waals surface area (Å²) >= 11 is 0. The minimum atomic E-state index is -1.11. The summed E-state index contributed by atoms with van der Waals surface area (Å²) in [5, 5.41) is 8.12. The number of nitrogens with zero attached hydrogens (tertiary/aromatic N) is 1. The summed E-state index contributed by atoms with van der Waals surface area (Å²) in [4.78, 5) is 79.1. The van der Waals surface area contributed by atoms with Crippen molar-refractivity contribution < 1.29 is 33.5 Å². The molecule has 4 atom stereocenters. The summed E-state index contributed by atoms with van der Waals surface area (Å²) in [7, 11) is 0. The molecule has 1 aliphatic carbocycles. The average Bonchev–Trinajstić information content (AvgIpc) is 3.63. The van der Waals surface area contributed by atoms with Crippen molar-refractivity contribution in [1.29, 1.82) is 0 Å². The first kappa shape index (κ1) is 35.5. The van der Waals surface area contributed by atoms with Gasteiger partial charge in [0.1, 0.15) is 24.7 Å². The molecule has 1 saturated heterocycles. The van der Waals surface area contributed by atoms with Gasteiger partial charge in [0.15, 0.2) is 0 Å². The lowest BCUT2D eigenvalue weighted by Gasteiger charge is -2.36. The van der Waals surface area contributed by atoms with E-state index in [4.69, 9.17) is 10.5 Å². The lowest BCUT2D eigenvalue weighted by molar-refractivity contribution is -0.148. The topological polar surface area (TPSA) is 177 Å². The molecular weight excluding hydrogens is 578 g/mol. The van der Waals surface area contributed by atoms with Crippen molar-refractivity contribution in [3.05, 3.63) is 35.9 Å². The fraction of sp³-hybridized carbons (Fsp3) is 0.636. The Bertz CT molecular complexity index is 1250. The van der Waals surface area contributed by atoms with Crippen LogP contribution in [0.15, 0.2) is 30.3 Å². The number of rotatable bonds is 13. The van der Waals surface area contributed by atoms with Crippen molar-refractivity contribution in [2.45, 2.75) is 111 Å². The van der Waals surface area contributed by atoms with Gasteiger partial charge in [0.25, 0.3) is 5.91 Å². The first-order valence-corrected chi connectivity index (χ1v) is 15.7. The number of carbonyl (C=O) groups excluding carboxylic acids is 6. The van der Waals surface area contributed by atoms with Gasteiger partial charge in [0, 0.05) is 6.54 Å². The van der Waals surface area contributed by atoms with Gasteiger partial charge in [0.05, 0.1) is 6.04 Å². The van der Waals surface area contributed by atoms with E-state index < -0.39 is 65.1 Å². The maximum Gasteiger partial charge on any atom is 0.329 e. The highest BCUT2D eigenvalue weighted by Gasteiger charge is 2.43. The second-order valence-corrected chi connectivity index (χ2v) is 14.5. The smallest absolute Gasteiger partial charge is 0.329 e. The van der Waals surface area contributed by atoms with Crippen molar-refractivity contribution >= 4 is 35.5 Å². The van der Waals surface area contributed by atoms with Crippen LogP contribution in [0.3, 0.4) is 0 Å². The first-order chi connectivity index (χ1) is 21.0. The van der Waals surface area contributed by atoms with E-state index in [0.717, 1.165) is 18.4 Å². The van der Waals surface area contributed by atoms with E-state index in [1.807, 2.05) is 51.1 Å². The molecule has 1 aliphatic heterocycles. The molecule has 5 amide bonds. The number of nitrogens with two attached hydrogens (primary N) is 1. The lowest BCUT2D eigenvalue weighted by Crippen LogP contribution is -2.61. The molecule has 248 valence electrons. The number of amides is 5. The van der Waals surface area contributed by atoms with E-state index in [9.17, 15) is 28.8 Å². The third kappa shape index (κ3) is 10.9. The molecule has 5 N–H and O–H groups in total. The minimum absolute atomic E-state index is 0.0533. The van der Waals surface area contributed by atoms with Crippen LogP contribution in [-0.2, 0) is 35.3 Å². The molecule has 1 heterocycles. The molecule has 12 heteroatoms. The SMILES string of the molecule is CC(C)(C)CC(NC(=O)NC(C(=O)N1CCC[C@H]1C(=O)NC(CC1CC1)C(=O)C(N)=O)C(C)(C)C)C(=O)OCc1ccccc1. The Morgan fingerprint density at radius 1 is 0.911 bits per heavy atom. The molecule has 45 heavy (non-hydrogen) atoms. The van der Waals surface area contributed by atoms with E-state index >= 15 is 0 Å². The highest BCUT2D eigenvalue weighted by molar-refractivity contribution is 6.37. The van der Waals surface area contributed by atoms with E-state index in [1.54, 1.807) is 20.8 Å². The van der Waals surface area contributed by atoms with Crippen molar-refractivity contribution in [3.8, 4) is 0 Å². The zero-order chi connectivity index (χ0) is 33.5. The molecule has 2 aliphatic rings. The maximum absolute atomic E-state index is 13.9. The van der Waals surface area contributed by atoms with Crippen molar-refractivity contribution in [3.63, 3.8) is 0 Å². The van der Waals surface area contributed by atoms with Crippen LogP contribution in [-0.4, -0.2) is 71.1 Å². The van der Waals surface area contributed by atoms with Gasteiger partial charge in [0.2, 0.25) is 17.6 Å². The predicted octanol–water partition coefficient (Wildman–Crippen LogP) is 2.58. The summed E-state index contributed by atoms with van der Waals surface area (Å²) in [5.41, 5.74) is 4.94. The second kappa shape index (κ2) is 14.9. The number of ether oxygens (including phenoxy) is 1. The van der Waals surface area contributed by atoms with Gasteiger partial charge < -0.3 is 31.3 Å². The van der Waals surface area contributed by atoms with Crippen molar-refractivity contribution in [2.24, 2.45) is 22.5 Å². The predicted molar refractivity (Wildman–Crippen MR) is 167 cm³/mol. The van der Waals surface area contributed by atoms with Crippen LogP contribution < -0.4 is 21.7 Å². The highest BCUT2D eigenvalue weighted by Crippen LogP contribution is 2.34. The van der Waals surface area contributed by atoms with Gasteiger partial charge in [-0.1, -0.05) is 84.7 Å². The Labute approximate surface area is 265 Å². The van der Waals surface area contributed by atoms with Gasteiger partial charge in [-0.3, -0.25) is 19.2 Å². The molecule has 1 aromatic carbocycles. The minimum Gasteiger partial charge on any atom is -0.459 e. The molecule has 12 nitrogen and oxygen atoms in total. The number of primary amides is 1. The first-order valence-electron chi connectivity index (χ1n) is 15.7. The van der Waals surface area contributed by atoms with Gasteiger partial charge in [-0.05, 0) is 48.0 Å². The van der Waals surface area contributed by atoms with Gasteiger partial charge >= 0.3 is 12.0 Å². The Kier molecular flexibility index (Phi) is 11.7. The number of benzene rings is 1. The fourth-order valence-electron chi connectivity index (χ4n) is 5.44. The summed E-state index contributed by atoms with van der Waals surface area (Å²) in [5.74, 6) is -3.32. The maximum atomic E-state index is 13.9. The summed E-state index contributed by atoms with van der Waals surface area (Å²) in [6.07, 6.45) is 3.35. The molecule has 3 unspecified atom stereocenters. The zero-order valence-corrected chi connectivity index (χ0v) is 27.3. The van der Waals surface area contributed by atoms with E-state index in [0.29, 0.717) is 25.7 Å². The third-order valence-corrected chi connectivity index (χ3v) is 8.00. The van der Waals surface area contributed by atoms with Crippen LogP contribution in [0.2, 0.25) is 0 Å². The van der Waals surface area contributed by atoms with Crippen molar-refractivity contribution in [1.82, 2.24) is 20.9 Å². The van der Waals surface area contributed by atoms with Crippen molar-refractivity contribution in [2.75, 3.05) is 6.54 Å². The molecular formula is C33H49N5O7. The van der Waals surface area contributed by atoms with Crippen LogP contribution in [0.5, 0.6) is 0 Å². The zero-order valence-electron chi connectivity index (χ0n) is 27.3. The molecule has 0 radical (unpaired) electrons. The van der Waals surface area contributed by atoms with Crippen LogP contribution in [0, 0.1) is 16.7 Å². The summed E-state index contributed by atoms with van der Waals surface area (Å²) in [6.45, 7) is 11.5. The number of Topliss-reactive ketones (excluding diaryl/α,β-unsaturated/α-hetero) is 1. The summed E-state index contributed by atoms with van der Waals surface area (Å²) in [6, 6.07) is 4.56. The Morgan fingerprint density at radius 3 is 2.11 bits per heavy atom. The quantitative estimate of drug-likeness (QED) is 0.192. The number of nitrogens with one attached hydrogen (secondary N) is 3. The van der Waals surface area contributed by atoms with Crippen LogP contribution in [0.4, 0.5) is 4.79 Å². The molecule has 2 fully saturated rings. The highest BCUT2D eigenvalue weighted by atomic mass is 16.5. The number of hydrogen-bond donors (Lipinski definition) is 4. The Morgan fingerprint density at radius 2 is 1.56 bits per heavy atom. The van der Waals surface area contributed by atoms with Gasteiger partial charge in [-0.25, -0.2) is 9.59 Å². The largest absolute Gasteiger partial charge is 0.459 e. The monoisotopic (exact) mass is 627 g/mol. The Hall–Kier alpha value is -3.96. The number of carbonyl (C=O) groups is 6. The molecule has 3 rings (SSSR count). The number of urea groups is 1. The van der Waals surface area contributed by atoms with E-state index in [-0.39, 0.29) is 24.5 Å². The lowest BCUT2D eigenvalue weighted by atomic mass is 9.85. The number of hydrogen-bond acceptors (Lipinski definition) is 7. The molecule has 0 spiro atoms. The molecule has 0 bridgehead atoms. The van der Waals surface area contributed by atoms with Crippen LogP contribution >= 0.6 is 0 Å². The van der Waals surface area contributed by atoms with Crippen LogP contribution in [0.1, 0.15) is 85.6 Å². The fourth-order valence-corrected chi connectivity index (χ4v) is 5.44. The standard InChI is InChI=1S/C33H49N5O7/c1-32(2,3)18-23(30(43)45-19-21-11-8-7-9-12-21)36-31(44)37-26(33(4,5)6)29(42)38-16-10-13-24(38)28(41)35-22(17-20-14-15-20)25(39)27(34)40/h7-9,11-12,20,22-24,26H,10,13-19H2,1-6H3,(H2,34,40)(H,35,41)(H2,36,37,44)/t22?,23?,24-,26?/m0/s1. The van der Waals surface area contributed by atoms with Gasteiger partial charge in [-0.2, -0.15) is 0 Å². The average molecular weight is 628 g/mol. The van der Waals surface area contributed by atoms with E-state index in [2.05, 4.69) is 16.0 Å². The molecule has 1 saturated carbocycles.